The average Bonchev–Trinajstić information content (AvgIpc) is 3.33. The molecule has 144 valence electrons. The van der Waals surface area contributed by atoms with Gasteiger partial charge in [0.05, 0.1) is 16.3 Å². The number of aromatic nitrogens is 1. The highest BCUT2D eigenvalue weighted by atomic mass is 32.2. The first kappa shape index (κ1) is 19.1. The van der Waals surface area contributed by atoms with Gasteiger partial charge in [0.25, 0.3) is 0 Å². The van der Waals surface area contributed by atoms with Crippen LogP contribution >= 0.6 is 23.1 Å². The molecule has 1 aromatic heterocycles. The van der Waals surface area contributed by atoms with Crippen molar-refractivity contribution in [2.75, 3.05) is 17.2 Å². The van der Waals surface area contributed by atoms with Crippen LogP contribution in [0.3, 0.4) is 0 Å². The summed E-state index contributed by atoms with van der Waals surface area (Å²) >= 11 is 2.93. The number of carbonyl (C=O) groups excluding carboxylic acids is 1. The molecule has 2 N–H and O–H groups in total. The first-order valence-electron chi connectivity index (χ1n) is 8.52. The van der Waals surface area contributed by atoms with Crippen molar-refractivity contribution in [3.05, 3.63) is 59.5 Å². The highest BCUT2D eigenvalue weighted by molar-refractivity contribution is 8.01. The molecule has 2 aromatic carbocycles. The number of nitrogens with zero attached hydrogens (tertiary/aromatic N) is 2. The number of benzene rings is 2. The largest absolute Gasteiger partial charge is 0.311 e. The highest BCUT2D eigenvalue weighted by Crippen LogP contribution is 2.32. The van der Waals surface area contributed by atoms with Crippen molar-refractivity contribution in [3.8, 4) is 11.3 Å². The van der Waals surface area contributed by atoms with E-state index in [1.54, 1.807) is 17.0 Å². The van der Waals surface area contributed by atoms with Crippen LogP contribution in [0.4, 0.5) is 5.69 Å². The number of fused-ring (bicyclic) bond motifs is 1. The molecule has 0 radical (unpaired) electrons. The van der Waals surface area contributed by atoms with Crippen molar-refractivity contribution in [2.45, 2.75) is 15.7 Å². The molecule has 0 spiro atoms. The standard InChI is InChI=1S/C19H17N3O3S3/c20-28(24,25)15-6-7-17-14(10-15)8-9-22(17)18(23)12-27-19-21-16(11-26-19)13-4-2-1-3-5-13/h1-7,10-11H,8-9,12H2,(H2,20,24,25). The Bertz CT molecular complexity index is 1130. The third kappa shape index (κ3) is 3.97. The second-order valence-corrected chi connectivity index (χ2v) is 9.93. The molecular formula is C19H17N3O3S3. The molecule has 2 heterocycles. The maximum atomic E-state index is 12.7. The number of nitrogens with two attached hydrogens (primary N) is 1. The van der Waals surface area contributed by atoms with Crippen LogP contribution in [0.1, 0.15) is 5.56 Å². The maximum Gasteiger partial charge on any atom is 0.238 e. The van der Waals surface area contributed by atoms with Gasteiger partial charge in [-0.1, -0.05) is 42.1 Å². The molecule has 9 heteroatoms. The summed E-state index contributed by atoms with van der Waals surface area (Å²) < 4.78 is 23.8. The molecule has 0 unspecified atom stereocenters. The maximum absolute atomic E-state index is 12.7. The number of sulfonamides is 1. The van der Waals surface area contributed by atoms with Gasteiger partial charge in [-0.25, -0.2) is 18.5 Å². The zero-order valence-electron chi connectivity index (χ0n) is 14.7. The second-order valence-electron chi connectivity index (χ2n) is 6.28. The van der Waals surface area contributed by atoms with E-state index in [0.717, 1.165) is 26.8 Å². The van der Waals surface area contributed by atoms with Crippen LogP contribution in [0, 0.1) is 0 Å². The van der Waals surface area contributed by atoms with Crippen LogP contribution in [-0.4, -0.2) is 31.6 Å². The first-order chi connectivity index (χ1) is 13.4. The highest BCUT2D eigenvalue weighted by Gasteiger charge is 2.26. The van der Waals surface area contributed by atoms with E-state index in [1.807, 2.05) is 35.7 Å². The molecule has 1 aliphatic rings. The van der Waals surface area contributed by atoms with Gasteiger partial charge in [0.2, 0.25) is 15.9 Å². The number of thioether (sulfide) groups is 1. The van der Waals surface area contributed by atoms with Gasteiger partial charge >= 0.3 is 0 Å². The van der Waals surface area contributed by atoms with E-state index in [4.69, 9.17) is 5.14 Å². The first-order valence-corrected chi connectivity index (χ1v) is 11.9. The van der Waals surface area contributed by atoms with Crippen LogP contribution in [0.2, 0.25) is 0 Å². The zero-order chi connectivity index (χ0) is 19.7. The Kier molecular flexibility index (Phi) is 5.24. The normalized spacial score (nSPS) is 13.5. The number of rotatable bonds is 5. The van der Waals surface area contributed by atoms with E-state index in [2.05, 4.69) is 4.98 Å². The number of primary sulfonamides is 1. The summed E-state index contributed by atoms with van der Waals surface area (Å²) in [5.74, 6) is 0.251. The fourth-order valence-corrected chi connectivity index (χ4v) is 5.36. The Balaban J connectivity index is 1.43. The molecule has 1 amide bonds. The number of carbonyl (C=O) groups is 1. The smallest absolute Gasteiger partial charge is 0.238 e. The Hall–Kier alpha value is -2.20. The monoisotopic (exact) mass is 431 g/mol. The number of amides is 1. The van der Waals surface area contributed by atoms with Gasteiger partial charge < -0.3 is 4.90 Å². The van der Waals surface area contributed by atoms with Crippen LogP contribution in [0.5, 0.6) is 0 Å². The minimum Gasteiger partial charge on any atom is -0.311 e. The van der Waals surface area contributed by atoms with E-state index in [1.165, 1.54) is 29.2 Å². The fourth-order valence-electron chi connectivity index (χ4n) is 3.08. The predicted octanol–water partition coefficient (Wildman–Crippen LogP) is 3.14. The van der Waals surface area contributed by atoms with Gasteiger partial charge in [-0.15, -0.1) is 11.3 Å². The lowest BCUT2D eigenvalue weighted by Crippen LogP contribution is -2.30. The van der Waals surface area contributed by atoms with E-state index in [9.17, 15) is 13.2 Å². The minimum absolute atomic E-state index is 0.0245. The molecule has 6 nitrogen and oxygen atoms in total. The van der Waals surface area contributed by atoms with Crippen molar-refractivity contribution in [1.82, 2.24) is 4.98 Å². The molecule has 0 bridgehead atoms. The molecule has 0 atom stereocenters. The van der Waals surface area contributed by atoms with Crippen LogP contribution in [0.25, 0.3) is 11.3 Å². The number of hydrogen-bond acceptors (Lipinski definition) is 6. The van der Waals surface area contributed by atoms with Gasteiger partial charge in [-0.2, -0.15) is 0 Å². The summed E-state index contributed by atoms with van der Waals surface area (Å²) in [6.07, 6.45) is 0.616. The summed E-state index contributed by atoms with van der Waals surface area (Å²) in [7, 11) is -3.74. The Labute approximate surface area is 171 Å². The van der Waals surface area contributed by atoms with Crippen molar-refractivity contribution in [3.63, 3.8) is 0 Å². The van der Waals surface area contributed by atoms with E-state index in [-0.39, 0.29) is 16.6 Å². The molecule has 1 aliphatic heterocycles. The van der Waals surface area contributed by atoms with Crippen molar-refractivity contribution >= 4 is 44.7 Å². The summed E-state index contributed by atoms with van der Waals surface area (Å²) in [5.41, 5.74) is 3.53. The van der Waals surface area contributed by atoms with Crippen LogP contribution in [-0.2, 0) is 21.2 Å². The molecule has 0 fully saturated rings. The van der Waals surface area contributed by atoms with Gasteiger partial charge in [0, 0.05) is 23.2 Å². The third-order valence-electron chi connectivity index (χ3n) is 4.45. The Morgan fingerprint density at radius 1 is 1.21 bits per heavy atom. The lowest BCUT2D eigenvalue weighted by Gasteiger charge is -2.17. The third-order valence-corrected chi connectivity index (χ3v) is 7.36. The van der Waals surface area contributed by atoms with Crippen molar-refractivity contribution in [1.29, 1.82) is 0 Å². The number of hydrogen-bond donors (Lipinski definition) is 1. The molecule has 0 aliphatic carbocycles. The lowest BCUT2D eigenvalue weighted by molar-refractivity contribution is -0.116. The van der Waals surface area contributed by atoms with Gasteiger partial charge in [-0.3, -0.25) is 4.79 Å². The molecule has 3 aromatic rings. The number of anilines is 1. The average molecular weight is 432 g/mol. The molecule has 28 heavy (non-hydrogen) atoms. The SMILES string of the molecule is NS(=O)(=O)c1ccc2c(c1)CCN2C(=O)CSc1nc(-c2ccccc2)cs1. The fraction of sp³-hybridized carbons (Fsp3) is 0.158. The lowest BCUT2D eigenvalue weighted by atomic mass is 10.2. The zero-order valence-corrected chi connectivity index (χ0v) is 17.2. The predicted molar refractivity (Wildman–Crippen MR) is 112 cm³/mol. The van der Waals surface area contributed by atoms with Crippen molar-refractivity contribution < 1.29 is 13.2 Å². The molecular weight excluding hydrogens is 414 g/mol. The minimum atomic E-state index is -3.74. The van der Waals surface area contributed by atoms with Gasteiger partial charge in [0.1, 0.15) is 0 Å². The van der Waals surface area contributed by atoms with E-state index < -0.39 is 10.0 Å². The molecule has 4 rings (SSSR count). The molecule has 0 saturated carbocycles. The number of thiazole rings is 1. The van der Waals surface area contributed by atoms with Gasteiger partial charge in [-0.05, 0) is 30.2 Å². The van der Waals surface area contributed by atoms with E-state index in [0.29, 0.717) is 13.0 Å². The Morgan fingerprint density at radius 2 is 2.00 bits per heavy atom. The van der Waals surface area contributed by atoms with Crippen molar-refractivity contribution in [2.24, 2.45) is 5.14 Å². The van der Waals surface area contributed by atoms with Gasteiger partial charge in [0.15, 0.2) is 4.34 Å². The Morgan fingerprint density at radius 3 is 2.75 bits per heavy atom. The summed E-state index contributed by atoms with van der Waals surface area (Å²) in [4.78, 5) is 19.0. The quantitative estimate of drug-likeness (QED) is 0.627. The van der Waals surface area contributed by atoms with Crippen LogP contribution < -0.4 is 10.0 Å². The second kappa shape index (κ2) is 7.67. The summed E-state index contributed by atoms with van der Waals surface area (Å²) in [5, 5.41) is 7.17. The van der Waals surface area contributed by atoms with E-state index >= 15 is 0 Å². The summed E-state index contributed by atoms with van der Waals surface area (Å²) in [6.45, 7) is 0.538. The summed E-state index contributed by atoms with van der Waals surface area (Å²) in [6, 6.07) is 14.6. The molecule has 0 saturated heterocycles. The van der Waals surface area contributed by atoms with Crippen LogP contribution in [0.15, 0.2) is 63.1 Å². The topological polar surface area (TPSA) is 93.4 Å².